The molecule has 9 heteroatoms. The van der Waals surface area contributed by atoms with Gasteiger partial charge in [0.15, 0.2) is 0 Å². The van der Waals surface area contributed by atoms with Crippen molar-refractivity contribution in [3.05, 3.63) is 58.9 Å². The van der Waals surface area contributed by atoms with Gasteiger partial charge in [-0.2, -0.15) is 0 Å². The zero-order valence-corrected chi connectivity index (χ0v) is 17.4. The van der Waals surface area contributed by atoms with Crippen molar-refractivity contribution in [2.75, 3.05) is 13.7 Å². The van der Waals surface area contributed by atoms with Crippen LogP contribution in [0.4, 0.5) is 4.79 Å². The zero-order valence-electron chi connectivity index (χ0n) is 16.6. The van der Waals surface area contributed by atoms with Gasteiger partial charge < -0.3 is 19.9 Å². The number of thiazole rings is 1. The fourth-order valence-electron chi connectivity index (χ4n) is 3.73. The molecule has 0 saturated carbocycles. The van der Waals surface area contributed by atoms with Crippen LogP contribution in [0.2, 0.25) is 0 Å². The standard InChI is InChI=1S/C21H23N5O3S/c1-29-21(28)25-16(10-15-12-30-13-23-15)20(27)26-9-5-8-18(26)19-22-11-17(24-19)14-6-3-2-4-7-14/h2-4,6-7,11-13,16,18H,5,8-10H2,1H3,(H,22,24)(H,25,28)/t16-,18-/m0/s1. The van der Waals surface area contributed by atoms with Crippen molar-refractivity contribution < 1.29 is 14.3 Å². The number of hydrogen-bond donors (Lipinski definition) is 2. The molecule has 3 aromatic rings. The number of H-pyrrole nitrogens is 1. The number of rotatable bonds is 6. The molecule has 0 radical (unpaired) electrons. The average molecular weight is 426 g/mol. The molecule has 0 bridgehead atoms. The minimum atomic E-state index is -0.747. The van der Waals surface area contributed by atoms with E-state index in [1.54, 1.807) is 16.6 Å². The van der Waals surface area contributed by atoms with Crippen LogP contribution in [0.1, 0.15) is 30.4 Å². The van der Waals surface area contributed by atoms with Crippen molar-refractivity contribution in [1.82, 2.24) is 25.2 Å². The lowest BCUT2D eigenvalue weighted by Crippen LogP contribution is -2.49. The number of methoxy groups -OCH3 is 1. The van der Waals surface area contributed by atoms with Gasteiger partial charge in [-0.05, 0) is 18.4 Å². The molecule has 2 N–H and O–H groups in total. The molecule has 0 spiro atoms. The SMILES string of the molecule is COC(=O)N[C@@H](Cc1cscn1)C(=O)N1CCC[C@H]1c1ncc(-c2ccccc2)[nH]1. The van der Waals surface area contributed by atoms with Gasteiger partial charge in [0.25, 0.3) is 0 Å². The first-order chi connectivity index (χ1) is 14.7. The smallest absolute Gasteiger partial charge is 0.407 e. The molecule has 1 aliphatic rings. The van der Waals surface area contributed by atoms with E-state index in [4.69, 9.17) is 4.74 Å². The predicted molar refractivity (Wildman–Crippen MR) is 113 cm³/mol. The van der Waals surface area contributed by atoms with Crippen LogP contribution in [0.3, 0.4) is 0 Å². The number of alkyl carbamates (subject to hydrolysis) is 1. The second-order valence-electron chi connectivity index (χ2n) is 7.11. The third-order valence-electron chi connectivity index (χ3n) is 5.20. The fraction of sp³-hybridized carbons (Fsp3) is 0.333. The Kier molecular flexibility index (Phi) is 6.08. The second kappa shape index (κ2) is 9.08. The van der Waals surface area contributed by atoms with E-state index in [1.807, 2.05) is 35.7 Å². The van der Waals surface area contributed by atoms with Gasteiger partial charge in [0.2, 0.25) is 5.91 Å². The molecule has 1 fully saturated rings. The van der Waals surface area contributed by atoms with Crippen LogP contribution in [0, 0.1) is 0 Å². The Morgan fingerprint density at radius 1 is 1.33 bits per heavy atom. The normalized spacial score (nSPS) is 17.0. The van der Waals surface area contributed by atoms with Crippen LogP contribution in [-0.2, 0) is 16.0 Å². The zero-order chi connectivity index (χ0) is 20.9. The van der Waals surface area contributed by atoms with E-state index < -0.39 is 12.1 Å². The number of aromatic nitrogens is 3. The topological polar surface area (TPSA) is 100 Å². The van der Waals surface area contributed by atoms with E-state index in [0.717, 1.165) is 35.6 Å². The first-order valence-electron chi connectivity index (χ1n) is 9.78. The Bertz CT molecular complexity index is 989. The molecule has 1 aliphatic heterocycles. The number of hydrogen-bond acceptors (Lipinski definition) is 6. The van der Waals surface area contributed by atoms with Crippen molar-refractivity contribution in [2.24, 2.45) is 0 Å². The summed E-state index contributed by atoms with van der Waals surface area (Å²) in [6, 6.07) is 9.04. The fourth-order valence-corrected chi connectivity index (χ4v) is 4.31. The minimum Gasteiger partial charge on any atom is -0.453 e. The van der Waals surface area contributed by atoms with Crippen molar-refractivity contribution in [2.45, 2.75) is 31.3 Å². The average Bonchev–Trinajstić information content (AvgIpc) is 3.54. The molecule has 2 aromatic heterocycles. The first kappa shape index (κ1) is 20.1. The van der Waals surface area contributed by atoms with Gasteiger partial charge in [-0.3, -0.25) is 4.79 Å². The van der Waals surface area contributed by atoms with Crippen LogP contribution in [-0.4, -0.2) is 51.5 Å². The predicted octanol–water partition coefficient (Wildman–Crippen LogP) is 3.16. The van der Waals surface area contributed by atoms with Gasteiger partial charge in [0.1, 0.15) is 11.9 Å². The van der Waals surface area contributed by atoms with Crippen LogP contribution in [0.5, 0.6) is 0 Å². The molecule has 2 amide bonds. The first-order valence-corrected chi connectivity index (χ1v) is 10.7. The van der Waals surface area contributed by atoms with Gasteiger partial charge in [-0.1, -0.05) is 30.3 Å². The van der Waals surface area contributed by atoms with Gasteiger partial charge in [0, 0.05) is 18.3 Å². The van der Waals surface area contributed by atoms with Gasteiger partial charge in [0.05, 0.1) is 36.2 Å². The van der Waals surface area contributed by atoms with E-state index in [2.05, 4.69) is 20.3 Å². The number of carbonyl (C=O) groups is 2. The number of carbonyl (C=O) groups excluding carboxylic acids is 2. The summed E-state index contributed by atoms with van der Waals surface area (Å²) in [6.45, 7) is 0.612. The Morgan fingerprint density at radius 3 is 2.90 bits per heavy atom. The summed E-state index contributed by atoms with van der Waals surface area (Å²) in [6.07, 6.45) is 3.16. The summed E-state index contributed by atoms with van der Waals surface area (Å²) in [5, 5.41) is 4.54. The highest BCUT2D eigenvalue weighted by Gasteiger charge is 2.36. The Hall–Kier alpha value is -3.20. The summed E-state index contributed by atoms with van der Waals surface area (Å²) in [4.78, 5) is 39.2. The van der Waals surface area contributed by atoms with Crippen molar-refractivity contribution >= 4 is 23.3 Å². The van der Waals surface area contributed by atoms with E-state index >= 15 is 0 Å². The molecular formula is C21H23N5O3S. The number of aromatic amines is 1. The number of imidazole rings is 1. The molecule has 4 rings (SSSR count). The van der Waals surface area contributed by atoms with Crippen molar-refractivity contribution in [3.63, 3.8) is 0 Å². The van der Waals surface area contributed by atoms with E-state index in [1.165, 1.54) is 18.4 Å². The number of likely N-dealkylation sites (tertiary alicyclic amines) is 1. The lowest BCUT2D eigenvalue weighted by atomic mass is 10.1. The maximum atomic E-state index is 13.4. The highest BCUT2D eigenvalue weighted by atomic mass is 32.1. The molecule has 30 heavy (non-hydrogen) atoms. The van der Waals surface area contributed by atoms with Crippen LogP contribution in [0.15, 0.2) is 47.4 Å². The van der Waals surface area contributed by atoms with Gasteiger partial charge in [-0.15, -0.1) is 11.3 Å². The lowest BCUT2D eigenvalue weighted by Gasteiger charge is -2.28. The summed E-state index contributed by atoms with van der Waals surface area (Å²) in [7, 11) is 1.28. The van der Waals surface area contributed by atoms with Crippen LogP contribution in [0.25, 0.3) is 11.3 Å². The molecule has 156 valence electrons. The monoisotopic (exact) mass is 425 g/mol. The van der Waals surface area contributed by atoms with Gasteiger partial charge >= 0.3 is 6.09 Å². The number of benzene rings is 1. The van der Waals surface area contributed by atoms with E-state index in [9.17, 15) is 9.59 Å². The van der Waals surface area contributed by atoms with Crippen molar-refractivity contribution in [3.8, 4) is 11.3 Å². The summed E-state index contributed by atoms with van der Waals surface area (Å²) >= 11 is 1.45. The minimum absolute atomic E-state index is 0.159. The molecule has 8 nitrogen and oxygen atoms in total. The van der Waals surface area contributed by atoms with Gasteiger partial charge in [-0.25, -0.2) is 14.8 Å². The summed E-state index contributed by atoms with van der Waals surface area (Å²) < 4.78 is 4.72. The Labute approximate surface area is 178 Å². The van der Waals surface area contributed by atoms with E-state index in [0.29, 0.717) is 13.0 Å². The molecule has 0 unspecified atom stereocenters. The molecule has 1 saturated heterocycles. The molecule has 2 atom stereocenters. The van der Waals surface area contributed by atoms with Crippen molar-refractivity contribution in [1.29, 1.82) is 0 Å². The lowest BCUT2D eigenvalue weighted by molar-refractivity contribution is -0.134. The highest BCUT2D eigenvalue weighted by molar-refractivity contribution is 7.07. The summed E-state index contributed by atoms with van der Waals surface area (Å²) in [5.74, 6) is 0.596. The molecular weight excluding hydrogens is 402 g/mol. The maximum absolute atomic E-state index is 13.4. The van der Waals surface area contributed by atoms with E-state index in [-0.39, 0.29) is 11.9 Å². The highest BCUT2D eigenvalue weighted by Crippen LogP contribution is 2.32. The number of ether oxygens (including phenoxy) is 1. The molecule has 1 aromatic carbocycles. The molecule has 3 heterocycles. The van der Waals surface area contributed by atoms with Crippen LogP contribution >= 0.6 is 11.3 Å². The maximum Gasteiger partial charge on any atom is 0.407 e. The third kappa shape index (κ3) is 4.35. The summed E-state index contributed by atoms with van der Waals surface area (Å²) in [5.41, 5.74) is 4.43. The molecule has 0 aliphatic carbocycles. The second-order valence-corrected chi connectivity index (χ2v) is 7.83. The Morgan fingerprint density at radius 2 is 2.17 bits per heavy atom. The number of amides is 2. The quantitative estimate of drug-likeness (QED) is 0.632. The third-order valence-corrected chi connectivity index (χ3v) is 5.84. The number of nitrogens with zero attached hydrogens (tertiary/aromatic N) is 3. The number of nitrogens with one attached hydrogen (secondary N) is 2. The van der Waals surface area contributed by atoms with Crippen LogP contribution < -0.4 is 5.32 Å². The Balaban J connectivity index is 1.54. The largest absolute Gasteiger partial charge is 0.453 e.